The van der Waals surface area contributed by atoms with Crippen LogP contribution in [0.4, 0.5) is 10.5 Å². The monoisotopic (exact) mass is 207 g/mol. The fourth-order valence-electron chi connectivity index (χ4n) is 1.67. The topological polar surface area (TPSA) is 49.8 Å². The van der Waals surface area contributed by atoms with Crippen molar-refractivity contribution in [3.8, 4) is 5.75 Å². The minimum Gasteiger partial charge on any atom is -0.508 e. The molecule has 0 bridgehead atoms. The van der Waals surface area contributed by atoms with Crippen LogP contribution in [0.1, 0.15) is 13.8 Å². The van der Waals surface area contributed by atoms with Crippen LogP contribution in [0.5, 0.6) is 5.75 Å². The van der Waals surface area contributed by atoms with Gasteiger partial charge in [0.05, 0.1) is 5.54 Å². The predicted molar refractivity (Wildman–Crippen MR) is 56.0 cm³/mol. The molecule has 2 rings (SSSR count). The molecule has 1 aliphatic heterocycles. The van der Waals surface area contributed by atoms with Crippen LogP contribution in [-0.2, 0) is 4.74 Å². The first kappa shape index (κ1) is 9.83. The number of hydrogen-bond acceptors (Lipinski definition) is 3. The summed E-state index contributed by atoms with van der Waals surface area (Å²) in [5.74, 6) is 0.184. The summed E-state index contributed by atoms with van der Waals surface area (Å²) in [6.07, 6.45) is -0.342. The molecule has 4 nitrogen and oxygen atoms in total. The van der Waals surface area contributed by atoms with E-state index in [9.17, 15) is 4.79 Å². The highest BCUT2D eigenvalue weighted by molar-refractivity contribution is 5.91. The van der Waals surface area contributed by atoms with Crippen LogP contribution in [0.3, 0.4) is 0 Å². The largest absolute Gasteiger partial charge is 0.508 e. The fourth-order valence-corrected chi connectivity index (χ4v) is 1.67. The Labute approximate surface area is 88.1 Å². The van der Waals surface area contributed by atoms with Crippen LogP contribution in [0.2, 0.25) is 0 Å². The van der Waals surface area contributed by atoms with Gasteiger partial charge in [-0.2, -0.15) is 0 Å². The number of benzene rings is 1. The molecule has 0 saturated carbocycles. The number of phenolic OH excluding ortho intramolecular Hbond substituents is 1. The molecule has 0 spiro atoms. The third kappa shape index (κ3) is 1.63. The van der Waals surface area contributed by atoms with Crippen molar-refractivity contribution in [2.75, 3.05) is 11.5 Å². The minimum atomic E-state index is -0.342. The number of phenols is 1. The van der Waals surface area contributed by atoms with Gasteiger partial charge in [-0.15, -0.1) is 0 Å². The molecule has 0 unspecified atom stereocenters. The lowest BCUT2D eigenvalue weighted by molar-refractivity contribution is 0.175. The van der Waals surface area contributed by atoms with Crippen LogP contribution < -0.4 is 4.90 Å². The van der Waals surface area contributed by atoms with Gasteiger partial charge in [-0.05, 0) is 38.1 Å². The lowest BCUT2D eigenvalue weighted by Crippen LogP contribution is -2.41. The smallest absolute Gasteiger partial charge is 0.414 e. The van der Waals surface area contributed by atoms with Gasteiger partial charge in [0, 0.05) is 5.69 Å². The van der Waals surface area contributed by atoms with Crippen molar-refractivity contribution in [3.05, 3.63) is 24.3 Å². The van der Waals surface area contributed by atoms with Crippen molar-refractivity contribution >= 4 is 11.8 Å². The quantitative estimate of drug-likeness (QED) is 0.767. The van der Waals surface area contributed by atoms with Crippen LogP contribution in [0.25, 0.3) is 0 Å². The number of carbonyl (C=O) groups is 1. The van der Waals surface area contributed by atoms with Crippen LogP contribution in [-0.4, -0.2) is 23.3 Å². The second-order valence-corrected chi connectivity index (χ2v) is 4.22. The van der Waals surface area contributed by atoms with Crippen molar-refractivity contribution in [3.63, 3.8) is 0 Å². The van der Waals surface area contributed by atoms with E-state index in [2.05, 4.69) is 0 Å². The molecule has 1 aromatic rings. The maximum atomic E-state index is 11.5. The molecule has 1 fully saturated rings. The number of aromatic hydroxyl groups is 1. The number of cyclic esters (lactones) is 1. The van der Waals surface area contributed by atoms with Gasteiger partial charge in [0.25, 0.3) is 0 Å². The molecule has 4 heteroatoms. The summed E-state index contributed by atoms with van der Waals surface area (Å²) in [6.45, 7) is 4.25. The zero-order chi connectivity index (χ0) is 11.1. The van der Waals surface area contributed by atoms with Gasteiger partial charge in [0.2, 0.25) is 0 Å². The maximum Gasteiger partial charge on any atom is 0.414 e. The molecular formula is C11H13NO3. The molecule has 1 heterocycles. The molecule has 1 aromatic carbocycles. The van der Waals surface area contributed by atoms with Crippen molar-refractivity contribution in [2.45, 2.75) is 19.4 Å². The Hall–Kier alpha value is -1.71. The Bertz CT molecular complexity index is 383. The molecule has 1 aliphatic rings. The third-order valence-electron chi connectivity index (χ3n) is 2.44. The first-order valence-electron chi connectivity index (χ1n) is 4.77. The van der Waals surface area contributed by atoms with Gasteiger partial charge in [0.1, 0.15) is 12.4 Å². The Morgan fingerprint density at radius 2 is 1.93 bits per heavy atom. The number of carbonyl (C=O) groups excluding carboxylic acids is 1. The Morgan fingerprint density at radius 3 is 2.40 bits per heavy atom. The minimum absolute atomic E-state index is 0.184. The summed E-state index contributed by atoms with van der Waals surface area (Å²) in [6, 6.07) is 6.50. The summed E-state index contributed by atoms with van der Waals surface area (Å²) in [4.78, 5) is 13.1. The second kappa shape index (κ2) is 3.15. The summed E-state index contributed by atoms with van der Waals surface area (Å²) in [7, 11) is 0. The number of hydrogen-bond donors (Lipinski definition) is 1. The zero-order valence-electron chi connectivity index (χ0n) is 8.73. The normalized spacial score (nSPS) is 19.1. The van der Waals surface area contributed by atoms with Gasteiger partial charge >= 0.3 is 6.09 Å². The maximum absolute atomic E-state index is 11.5. The van der Waals surface area contributed by atoms with Gasteiger partial charge in [0.15, 0.2) is 0 Å². The number of rotatable bonds is 1. The highest BCUT2D eigenvalue weighted by atomic mass is 16.6. The van der Waals surface area contributed by atoms with E-state index in [1.54, 1.807) is 29.2 Å². The molecular weight excluding hydrogens is 194 g/mol. The second-order valence-electron chi connectivity index (χ2n) is 4.22. The van der Waals surface area contributed by atoms with E-state index in [1.807, 2.05) is 13.8 Å². The number of anilines is 1. The molecule has 1 saturated heterocycles. The summed E-state index contributed by atoms with van der Waals surface area (Å²) in [5.41, 5.74) is 0.397. The first-order valence-corrected chi connectivity index (χ1v) is 4.77. The lowest BCUT2D eigenvalue weighted by atomic mass is 10.1. The summed E-state index contributed by atoms with van der Waals surface area (Å²) >= 11 is 0. The van der Waals surface area contributed by atoms with Crippen molar-refractivity contribution in [2.24, 2.45) is 0 Å². The van der Waals surface area contributed by atoms with E-state index in [4.69, 9.17) is 9.84 Å². The van der Waals surface area contributed by atoms with Gasteiger partial charge < -0.3 is 9.84 Å². The van der Waals surface area contributed by atoms with Crippen LogP contribution >= 0.6 is 0 Å². The molecule has 80 valence electrons. The highest BCUT2D eigenvalue weighted by Gasteiger charge is 2.40. The standard InChI is InChI=1S/C11H13NO3/c1-11(2)7-15-10(14)12(11)8-3-5-9(13)6-4-8/h3-6,13H,7H2,1-2H3. The fraction of sp³-hybridized carbons (Fsp3) is 0.364. The third-order valence-corrected chi connectivity index (χ3v) is 2.44. The summed E-state index contributed by atoms with van der Waals surface area (Å²) < 4.78 is 4.99. The Morgan fingerprint density at radius 1 is 1.33 bits per heavy atom. The van der Waals surface area contributed by atoms with E-state index in [1.165, 1.54) is 0 Å². The van der Waals surface area contributed by atoms with Crippen LogP contribution in [0, 0.1) is 0 Å². The lowest BCUT2D eigenvalue weighted by Gasteiger charge is -2.27. The van der Waals surface area contributed by atoms with E-state index >= 15 is 0 Å². The molecule has 1 amide bonds. The average molecular weight is 207 g/mol. The Balaban J connectivity index is 2.37. The zero-order valence-corrected chi connectivity index (χ0v) is 8.73. The molecule has 0 aliphatic carbocycles. The predicted octanol–water partition coefficient (Wildman–Crippen LogP) is 2.13. The van der Waals surface area contributed by atoms with Gasteiger partial charge in [-0.25, -0.2) is 4.79 Å². The van der Waals surface area contributed by atoms with Gasteiger partial charge in [-0.1, -0.05) is 0 Å². The van der Waals surface area contributed by atoms with E-state index in [0.29, 0.717) is 6.61 Å². The van der Waals surface area contributed by atoms with E-state index in [-0.39, 0.29) is 17.4 Å². The van der Waals surface area contributed by atoms with Crippen molar-refractivity contribution < 1.29 is 14.6 Å². The van der Waals surface area contributed by atoms with Crippen molar-refractivity contribution in [1.29, 1.82) is 0 Å². The summed E-state index contributed by atoms with van der Waals surface area (Å²) in [5, 5.41) is 9.16. The molecule has 0 radical (unpaired) electrons. The number of nitrogens with zero attached hydrogens (tertiary/aromatic N) is 1. The Kier molecular flexibility index (Phi) is 2.07. The number of ether oxygens (including phenoxy) is 1. The van der Waals surface area contributed by atoms with E-state index in [0.717, 1.165) is 5.69 Å². The SMILES string of the molecule is CC1(C)COC(=O)N1c1ccc(O)cc1. The molecule has 1 N–H and O–H groups in total. The van der Waals surface area contributed by atoms with Gasteiger partial charge in [-0.3, -0.25) is 4.90 Å². The molecule has 15 heavy (non-hydrogen) atoms. The first-order chi connectivity index (χ1) is 7.00. The highest BCUT2D eigenvalue weighted by Crippen LogP contribution is 2.30. The average Bonchev–Trinajstić information content (AvgIpc) is 2.43. The van der Waals surface area contributed by atoms with Crippen molar-refractivity contribution in [1.82, 2.24) is 0 Å². The number of amides is 1. The van der Waals surface area contributed by atoms with E-state index < -0.39 is 0 Å². The molecule has 0 atom stereocenters. The molecule has 0 aromatic heterocycles. The van der Waals surface area contributed by atoms with Crippen LogP contribution in [0.15, 0.2) is 24.3 Å².